The van der Waals surface area contributed by atoms with Gasteiger partial charge in [0.15, 0.2) is 0 Å². The first-order valence-corrected chi connectivity index (χ1v) is 6.35. The normalized spacial score (nSPS) is 15.5. The molecule has 0 aliphatic heterocycles. The van der Waals surface area contributed by atoms with Gasteiger partial charge in [-0.15, -0.1) is 0 Å². The highest BCUT2D eigenvalue weighted by molar-refractivity contribution is 5.92. The zero-order valence-electron chi connectivity index (χ0n) is 10.4. The van der Waals surface area contributed by atoms with Crippen LogP contribution in [0.5, 0.6) is 0 Å². The van der Waals surface area contributed by atoms with E-state index in [2.05, 4.69) is 11.4 Å². The Morgan fingerprint density at radius 1 is 1.47 bits per heavy atom. The lowest BCUT2D eigenvalue weighted by Crippen LogP contribution is -2.26. The van der Waals surface area contributed by atoms with Gasteiger partial charge in [0.25, 0.3) is 5.91 Å². The first kappa shape index (κ1) is 12.0. The Labute approximate surface area is 103 Å². The van der Waals surface area contributed by atoms with Crippen molar-refractivity contribution in [2.45, 2.75) is 32.1 Å². The summed E-state index contributed by atoms with van der Waals surface area (Å²) in [4.78, 5) is 11.8. The van der Waals surface area contributed by atoms with Crippen molar-refractivity contribution in [3.05, 3.63) is 35.7 Å². The second-order valence-corrected chi connectivity index (χ2v) is 4.62. The molecule has 0 radical (unpaired) electrons. The van der Waals surface area contributed by atoms with E-state index in [0.29, 0.717) is 0 Å². The van der Waals surface area contributed by atoms with Gasteiger partial charge in [-0.1, -0.05) is 11.6 Å². The van der Waals surface area contributed by atoms with Crippen LogP contribution in [0.2, 0.25) is 0 Å². The van der Waals surface area contributed by atoms with Gasteiger partial charge in [-0.3, -0.25) is 4.79 Å². The van der Waals surface area contributed by atoms with E-state index < -0.39 is 0 Å². The minimum atomic E-state index is 0.0221. The van der Waals surface area contributed by atoms with Gasteiger partial charge in [0.2, 0.25) is 0 Å². The van der Waals surface area contributed by atoms with E-state index in [9.17, 15) is 4.79 Å². The molecule has 2 rings (SSSR count). The van der Waals surface area contributed by atoms with E-state index in [1.54, 1.807) is 0 Å². The van der Waals surface area contributed by atoms with Crippen LogP contribution in [0.3, 0.4) is 0 Å². The molecule has 3 heteroatoms. The van der Waals surface area contributed by atoms with Crippen molar-refractivity contribution in [2.75, 3.05) is 6.54 Å². The average Bonchev–Trinajstić information content (AvgIpc) is 2.77. The van der Waals surface area contributed by atoms with E-state index >= 15 is 0 Å². The summed E-state index contributed by atoms with van der Waals surface area (Å²) in [7, 11) is 1.89. The number of nitrogens with zero attached hydrogens (tertiary/aromatic N) is 1. The third-order valence-corrected chi connectivity index (χ3v) is 3.29. The lowest BCUT2D eigenvalue weighted by atomic mass is 9.97. The fourth-order valence-electron chi connectivity index (χ4n) is 2.26. The Kier molecular flexibility index (Phi) is 4.02. The number of hydrogen-bond donors (Lipinski definition) is 1. The van der Waals surface area contributed by atoms with E-state index in [-0.39, 0.29) is 5.91 Å². The molecule has 0 fully saturated rings. The number of amides is 1. The Morgan fingerprint density at radius 3 is 3.00 bits per heavy atom. The minimum absolute atomic E-state index is 0.0221. The molecule has 1 aliphatic rings. The molecule has 3 nitrogen and oxygen atoms in total. The lowest BCUT2D eigenvalue weighted by molar-refractivity contribution is 0.0946. The van der Waals surface area contributed by atoms with E-state index in [4.69, 9.17) is 0 Å². The third kappa shape index (κ3) is 3.22. The van der Waals surface area contributed by atoms with Crippen LogP contribution in [0.1, 0.15) is 42.6 Å². The zero-order chi connectivity index (χ0) is 12.1. The first-order valence-electron chi connectivity index (χ1n) is 6.35. The summed E-state index contributed by atoms with van der Waals surface area (Å²) in [6.07, 6.45) is 10.3. The number of aryl methyl sites for hydroxylation is 1. The molecule has 92 valence electrons. The van der Waals surface area contributed by atoms with Crippen molar-refractivity contribution in [2.24, 2.45) is 7.05 Å². The summed E-state index contributed by atoms with van der Waals surface area (Å²) in [5.41, 5.74) is 2.23. The van der Waals surface area contributed by atoms with Crippen LogP contribution in [-0.2, 0) is 7.05 Å². The summed E-state index contributed by atoms with van der Waals surface area (Å²) in [5.74, 6) is 0.0221. The maximum atomic E-state index is 11.8. The van der Waals surface area contributed by atoms with Gasteiger partial charge in [0, 0.05) is 19.8 Å². The fourth-order valence-corrected chi connectivity index (χ4v) is 2.26. The van der Waals surface area contributed by atoms with Crippen molar-refractivity contribution in [1.82, 2.24) is 9.88 Å². The molecule has 1 aromatic heterocycles. The summed E-state index contributed by atoms with van der Waals surface area (Å²) in [6.45, 7) is 0.746. The Hall–Kier alpha value is -1.51. The van der Waals surface area contributed by atoms with E-state index in [1.807, 2.05) is 29.9 Å². The van der Waals surface area contributed by atoms with E-state index in [0.717, 1.165) is 18.7 Å². The highest BCUT2D eigenvalue weighted by Crippen LogP contribution is 2.19. The van der Waals surface area contributed by atoms with Crippen LogP contribution in [0.4, 0.5) is 0 Å². The highest BCUT2D eigenvalue weighted by atomic mass is 16.1. The van der Waals surface area contributed by atoms with Crippen molar-refractivity contribution in [3.63, 3.8) is 0 Å². The van der Waals surface area contributed by atoms with E-state index in [1.165, 1.54) is 31.3 Å². The third-order valence-electron chi connectivity index (χ3n) is 3.29. The molecule has 1 aliphatic carbocycles. The highest BCUT2D eigenvalue weighted by Gasteiger charge is 2.08. The smallest absolute Gasteiger partial charge is 0.267 e. The predicted octanol–water partition coefficient (Wildman–Crippen LogP) is 2.65. The van der Waals surface area contributed by atoms with Crippen molar-refractivity contribution in [3.8, 4) is 0 Å². The molecule has 0 saturated heterocycles. The molecule has 1 aromatic rings. The number of hydrogen-bond acceptors (Lipinski definition) is 1. The fraction of sp³-hybridized carbons (Fsp3) is 0.500. The Balaban J connectivity index is 1.77. The molecule has 1 heterocycles. The molecule has 17 heavy (non-hydrogen) atoms. The largest absolute Gasteiger partial charge is 0.350 e. The molecular weight excluding hydrogens is 212 g/mol. The summed E-state index contributed by atoms with van der Waals surface area (Å²) >= 11 is 0. The Morgan fingerprint density at radius 2 is 2.35 bits per heavy atom. The van der Waals surface area contributed by atoms with Gasteiger partial charge in [-0.05, 0) is 44.2 Å². The number of aromatic nitrogens is 1. The number of carbonyl (C=O) groups excluding carboxylic acids is 1. The molecular formula is C14H20N2O. The number of carbonyl (C=O) groups is 1. The predicted molar refractivity (Wildman–Crippen MR) is 68.9 cm³/mol. The maximum absolute atomic E-state index is 11.8. The molecule has 0 spiro atoms. The van der Waals surface area contributed by atoms with Crippen LogP contribution in [0, 0.1) is 0 Å². The summed E-state index contributed by atoms with van der Waals surface area (Å²) in [5, 5.41) is 2.97. The van der Waals surface area contributed by atoms with Crippen LogP contribution >= 0.6 is 0 Å². The van der Waals surface area contributed by atoms with Crippen molar-refractivity contribution >= 4 is 5.91 Å². The quantitative estimate of drug-likeness (QED) is 0.796. The monoisotopic (exact) mass is 232 g/mol. The standard InChI is InChI=1S/C14H20N2O/c1-16-11-5-8-13(16)14(17)15-10-9-12-6-3-2-4-7-12/h5-6,8,11H,2-4,7,9-10H2,1H3,(H,15,17). The molecule has 0 bridgehead atoms. The van der Waals surface area contributed by atoms with Gasteiger partial charge < -0.3 is 9.88 Å². The molecule has 0 atom stereocenters. The van der Waals surface area contributed by atoms with Crippen LogP contribution < -0.4 is 5.32 Å². The number of allylic oxidation sites excluding steroid dienone is 1. The molecule has 0 unspecified atom stereocenters. The minimum Gasteiger partial charge on any atom is -0.350 e. The van der Waals surface area contributed by atoms with Crippen LogP contribution in [0.15, 0.2) is 30.0 Å². The molecule has 0 aromatic carbocycles. The molecule has 1 amide bonds. The van der Waals surface area contributed by atoms with Crippen molar-refractivity contribution in [1.29, 1.82) is 0 Å². The zero-order valence-corrected chi connectivity index (χ0v) is 10.4. The topological polar surface area (TPSA) is 34.0 Å². The molecule has 0 saturated carbocycles. The maximum Gasteiger partial charge on any atom is 0.267 e. The van der Waals surface area contributed by atoms with Gasteiger partial charge in [0.1, 0.15) is 5.69 Å². The van der Waals surface area contributed by atoms with Gasteiger partial charge in [-0.2, -0.15) is 0 Å². The second-order valence-electron chi connectivity index (χ2n) is 4.62. The number of rotatable bonds is 4. The molecule has 1 N–H and O–H groups in total. The summed E-state index contributed by atoms with van der Waals surface area (Å²) < 4.78 is 1.84. The van der Waals surface area contributed by atoms with Crippen LogP contribution in [-0.4, -0.2) is 17.0 Å². The first-order chi connectivity index (χ1) is 8.27. The van der Waals surface area contributed by atoms with Gasteiger partial charge >= 0.3 is 0 Å². The second kappa shape index (κ2) is 5.71. The SMILES string of the molecule is Cn1cccc1C(=O)NCCC1=CCCCC1. The van der Waals surface area contributed by atoms with Gasteiger partial charge in [0.05, 0.1) is 0 Å². The lowest BCUT2D eigenvalue weighted by Gasteiger charge is -2.13. The summed E-state index contributed by atoms with van der Waals surface area (Å²) in [6, 6.07) is 3.73. The average molecular weight is 232 g/mol. The van der Waals surface area contributed by atoms with Gasteiger partial charge in [-0.25, -0.2) is 0 Å². The van der Waals surface area contributed by atoms with Crippen LogP contribution in [0.25, 0.3) is 0 Å². The number of nitrogens with one attached hydrogen (secondary N) is 1. The van der Waals surface area contributed by atoms with Crippen molar-refractivity contribution < 1.29 is 4.79 Å². The Bertz CT molecular complexity index is 418.